The molecule has 1 heterocycles. The molecule has 0 bridgehead atoms. The van der Waals surface area contributed by atoms with Gasteiger partial charge >= 0.3 is 0 Å². The van der Waals surface area contributed by atoms with Gasteiger partial charge in [-0.1, -0.05) is 17.7 Å². The number of aryl methyl sites for hydroxylation is 1. The summed E-state index contributed by atoms with van der Waals surface area (Å²) in [5, 5.41) is 0. The molecule has 0 N–H and O–H groups in total. The minimum Gasteiger partial charge on any atom is -0.294 e. The molecule has 0 fully saturated rings. The summed E-state index contributed by atoms with van der Waals surface area (Å²) in [4.78, 5) is 23.6. The standard InChI is InChI=1S/C14H15NO4S/c1-9-4-6-12(7-5-9)20(18,19)15-8-10(2)13(11(3)16)14(15)17/h4-7H,8H2,1-3H3. The van der Waals surface area contributed by atoms with Crippen LogP contribution in [0.3, 0.4) is 0 Å². The normalized spacial score (nSPS) is 15.9. The van der Waals surface area contributed by atoms with Crippen LogP contribution >= 0.6 is 0 Å². The van der Waals surface area contributed by atoms with Gasteiger partial charge in [0.1, 0.15) is 0 Å². The van der Waals surface area contributed by atoms with E-state index in [1.54, 1.807) is 19.1 Å². The number of hydrogen-bond acceptors (Lipinski definition) is 4. The quantitative estimate of drug-likeness (QED) is 0.790. The van der Waals surface area contributed by atoms with Crippen LogP contribution in [0.15, 0.2) is 40.3 Å². The minimum absolute atomic E-state index is 0.0271. The van der Waals surface area contributed by atoms with E-state index < -0.39 is 21.7 Å². The molecule has 1 aliphatic heterocycles. The van der Waals surface area contributed by atoms with Gasteiger partial charge in [-0.15, -0.1) is 0 Å². The van der Waals surface area contributed by atoms with Gasteiger partial charge in [-0.05, 0) is 38.5 Å². The number of carbonyl (C=O) groups is 2. The van der Waals surface area contributed by atoms with Crippen LogP contribution in [0, 0.1) is 6.92 Å². The number of rotatable bonds is 3. The average molecular weight is 293 g/mol. The van der Waals surface area contributed by atoms with E-state index in [-0.39, 0.29) is 17.0 Å². The van der Waals surface area contributed by atoms with Crippen LogP contribution in [0.4, 0.5) is 0 Å². The van der Waals surface area contributed by atoms with E-state index in [4.69, 9.17) is 0 Å². The van der Waals surface area contributed by atoms with Crippen LogP contribution < -0.4 is 0 Å². The van der Waals surface area contributed by atoms with E-state index in [0.717, 1.165) is 9.87 Å². The highest BCUT2D eigenvalue weighted by atomic mass is 32.2. The molecule has 1 aromatic carbocycles. The second-order valence-corrected chi connectivity index (χ2v) is 6.70. The van der Waals surface area contributed by atoms with Crippen molar-refractivity contribution in [2.45, 2.75) is 25.7 Å². The van der Waals surface area contributed by atoms with Gasteiger partial charge in [0.2, 0.25) is 0 Å². The summed E-state index contributed by atoms with van der Waals surface area (Å²) >= 11 is 0. The summed E-state index contributed by atoms with van der Waals surface area (Å²) in [6.45, 7) is 4.64. The number of Topliss-reactive ketones (excluding diaryl/α,β-unsaturated/α-hetero) is 1. The van der Waals surface area contributed by atoms with Crippen molar-refractivity contribution in [3.63, 3.8) is 0 Å². The number of hydrogen-bond donors (Lipinski definition) is 0. The fourth-order valence-electron chi connectivity index (χ4n) is 2.16. The number of benzene rings is 1. The zero-order valence-corrected chi connectivity index (χ0v) is 12.3. The molecule has 1 amide bonds. The second-order valence-electron chi connectivity index (χ2n) is 4.84. The number of nitrogens with zero attached hydrogens (tertiary/aromatic N) is 1. The van der Waals surface area contributed by atoms with Crippen LogP contribution in [0.25, 0.3) is 0 Å². The molecule has 2 rings (SSSR count). The monoisotopic (exact) mass is 293 g/mol. The Hall–Kier alpha value is -1.95. The predicted molar refractivity (Wildman–Crippen MR) is 73.5 cm³/mol. The third-order valence-electron chi connectivity index (χ3n) is 3.21. The van der Waals surface area contributed by atoms with E-state index in [9.17, 15) is 18.0 Å². The van der Waals surface area contributed by atoms with Gasteiger partial charge in [0.25, 0.3) is 15.9 Å². The summed E-state index contributed by atoms with van der Waals surface area (Å²) in [5.74, 6) is -1.15. The first-order chi connectivity index (χ1) is 9.25. The highest BCUT2D eigenvalue weighted by molar-refractivity contribution is 7.89. The lowest BCUT2D eigenvalue weighted by atomic mass is 10.1. The van der Waals surface area contributed by atoms with Crippen molar-refractivity contribution in [1.82, 2.24) is 4.31 Å². The molecule has 1 aliphatic rings. The maximum Gasteiger partial charge on any atom is 0.271 e. The van der Waals surface area contributed by atoms with Gasteiger partial charge in [-0.3, -0.25) is 9.59 Å². The molecule has 0 atom stereocenters. The van der Waals surface area contributed by atoms with E-state index in [1.165, 1.54) is 19.1 Å². The maximum atomic E-state index is 12.4. The first kappa shape index (κ1) is 14.5. The number of ketones is 1. The van der Waals surface area contributed by atoms with E-state index >= 15 is 0 Å². The molecule has 106 valence electrons. The van der Waals surface area contributed by atoms with Crippen LogP contribution in [0.5, 0.6) is 0 Å². The van der Waals surface area contributed by atoms with Crippen molar-refractivity contribution in [1.29, 1.82) is 0 Å². The summed E-state index contributed by atoms with van der Waals surface area (Å²) < 4.78 is 25.6. The van der Waals surface area contributed by atoms with Gasteiger partial charge in [0, 0.05) is 0 Å². The van der Waals surface area contributed by atoms with E-state index in [2.05, 4.69) is 0 Å². The van der Waals surface area contributed by atoms with Crippen LogP contribution in [-0.4, -0.2) is 31.0 Å². The van der Waals surface area contributed by atoms with Crippen molar-refractivity contribution in [3.05, 3.63) is 41.0 Å². The van der Waals surface area contributed by atoms with Gasteiger partial charge in [-0.25, -0.2) is 12.7 Å². The molecule has 0 spiro atoms. The molecule has 1 aromatic rings. The molecule has 0 aliphatic carbocycles. The van der Waals surface area contributed by atoms with Gasteiger partial charge < -0.3 is 0 Å². The summed E-state index contributed by atoms with van der Waals surface area (Å²) in [6, 6.07) is 6.25. The summed E-state index contributed by atoms with van der Waals surface area (Å²) in [5.41, 5.74) is 1.38. The predicted octanol–water partition coefficient (Wildman–Crippen LogP) is 1.43. The molecule has 0 aromatic heterocycles. The van der Waals surface area contributed by atoms with Crippen LogP contribution in [0.1, 0.15) is 19.4 Å². The highest BCUT2D eigenvalue weighted by Gasteiger charge is 2.38. The highest BCUT2D eigenvalue weighted by Crippen LogP contribution is 2.26. The molecule has 0 saturated heterocycles. The number of sulfonamides is 1. The fraction of sp³-hybridized carbons (Fsp3) is 0.286. The topological polar surface area (TPSA) is 71.5 Å². The lowest BCUT2D eigenvalue weighted by Crippen LogP contribution is -2.34. The van der Waals surface area contributed by atoms with E-state index in [1.807, 2.05) is 6.92 Å². The van der Waals surface area contributed by atoms with Crippen molar-refractivity contribution in [2.75, 3.05) is 6.54 Å². The Bertz CT molecular complexity index is 714. The zero-order chi connectivity index (χ0) is 15.1. The molecule has 0 radical (unpaired) electrons. The average Bonchev–Trinajstić information content (AvgIpc) is 2.66. The Kier molecular flexibility index (Phi) is 3.52. The zero-order valence-electron chi connectivity index (χ0n) is 11.5. The van der Waals surface area contributed by atoms with Gasteiger partial charge in [0.05, 0.1) is 17.0 Å². The lowest BCUT2D eigenvalue weighted by Gasteiger charge is -2.17. The van der Waals surface area contributed by atoms with E-state index in [0.29, 0.717) is 5.57 Å². The van der Waals surface area contributed by atoms with Gasteiger partial charge in [-0.2, -0.15) is 0 Å². The third kappa shape index (κ3) is 2.27. The minimum atomic E-state index is -3.91. The lowest BCUT2D eigenvalue weighted by molar-refractivity contribution is -0.124. The number of carbonyl (C=O) groups excluding carboxylic acids is 2. The molecular formula is C14H15NO4S. The Labute approximate surface area is 117 Å². The fourth-order valence-corrected chi connectivity index (χ4v) is 3.56. The van der Waals surface area contributed by atoms with Crippen molar-refractivity contribution >= 4 is 21.7 Å². The van der Waals surface area contributed by atoms with Crippen LogP contribution in [0.2, 0.25) is 0 Å². The SMILES string of the molecule is CC(=O)C1=C(C)CN(S(=O)(=O)c2ccc(C)cc2)C1=O. The van der Waals surface area contributed by atoms with Crippen molar-refractivity contribution in [3.8, 4) is 0 Å². The summed E-state index contributed by atoms with van der Waals surface area (Å²) in [6.07, 6.45) is 0. The van der Waals surface area contributed by atoms with Crippen molar-refractivity contribution < 1.29 is 18.0 Å². The summed E-state index contributed by atoms with van der Waals surface area (Å²) in [7, 11) is -3.91. The molecular weight excluding hydrogens is 278 g/mol. The Morgan fingerprint density at radius 3 is 2.15 bits per heavy atom. The third-order valence-corrected chi connectivity index (χ3v) is 4.95. The first-order valence-electron chi connectivity index (χ1n) is 6.09. The second kappa shape index (κ2) is 4.86. The largest absolute Gasteiger partial charge is 0.294 e. The molecule has 0 saturated carbocycles. The molecule has 6 heteroatoms. The van der Waals surface area contributed by atoms with Gasteiger partial charge in [0.15, 0.2) is 5.78 Å². The van der Waals surface area contributed by atoms with Crippen LogP contribution in [-0.2, 0) is 19.6 Å². The molecule has 20 heavy (non-hydrogen) atoms. The molecule has 0 unspecified atom stereocenters. The Morgan fingerprint density at radius 1 is 1.15 bits per heavy atom. The van der Waals surface area contributed by atoms with Crippen molar-refractivity contribution in [2.24, 2.45) is 0 Å². The Balaban J connectivity index is 2.41. The Morgan fingerprint density at radius 2 is 1.70 bits per heavy atom. The first-order valence-corrected chi connectivity index (χ1v) is 7.53. The molecule has 5 nitrogen and oxygen atoms in total. The maximum absolute atomic E-state index is 12.4. The number of amides is 1. The smallest absolute Gasteiger partial charge is 0.271 e.